The Labute approximate surface area is 210 Å². The average molecular weight is 505 g/mol. The molecular formula is C29H32F4O3. The number of rotatable bonds is 13. The third-order valence-electron chi connectivity index (χ3n) is 5.86. The van der Waals surface area contributed by atoms with Gasteiger partial charge in [-0.2, -0.15) is 13.2 Å². The first-order valence-electron chi connectivity index (χ1n) is 12.3. The van der Waals surface area contributed by atoms with Gasteiger partial charge in [0.25, 0.3) is 0 Å². The Morgan fingerprint density at radius 1 is 0.611 bits per heavy atom. The number of benzene rings is 3. The Hall–Kier alpha value is -3.22. The second-order valence-corrected chi connectivity index (χ2v) is 8.50. The second kappa shape index (κ2) is 13.2. The maximum atomic E-state index is 14.7. The summed E-state index contributed by atoms with van der Waals surface area (Å²) >= 11 is 0. The molecule has 3 aromatic rings. The molecule has 1 unspecified atom stereocenters. The minimum Gasteiger partial charge on any atom is -0.491 e. The number of hydrogen-bond acceptors (Lipinski definition) is 3. The van der Waals surface area contributed by atoms with E-state index < -0.39 is 29.4 Å². The van der Waals surface area contributed by atoms with Crippen molar-refractivity contribution in [2.45, 2.75) is 59.0 Å². The molecule has 0 spiro atoms. The van der Waals surface area contributed by atoms with Crippen molar-refractivity contribution in [1.29, 1.82) is 0 Å². The summed E-state index contributed by atoms with van der Waals surface area (Å²) in [5.41, 5.74) is 2.56. The van der Waals surface area contributed by atoms with E-state index in [0.29, 0.717) is 19.3 Å². The van der Waals surface area contributed by atoms with Crippen LogP contribution in [0.25, 0.3) is 0 Å². The molecule has 0 aromatic heterocycles. The summed E-state index contributed by atoms with van der Waals surface area (Å²) in [4.78, 5) is 0. The lowest BCUT2D eigenvalue weighted by Gasteiger charge is -2.20. The number of aryl methyl sites for hydroxylation is 3. The predicted octanol–water partition coefficient (Wildman–Crippen LogP) is 7.62. The number of halogens is 4. The standard InChI is InChI=1S/C29H32F4O3/c1-4-7-19-8-10-20(11-9-19)12-13-21-14-15-24(27(31)26(21)30)35-18-22(5-2)36-25-17-16-23(34-6-3)28(32)29(25)33/h8-11,14-17,22H,4-7,12-13,18H2,1-3H3. The summed E-state index contributed by atoms with van der Waals surface area (Å²) < 4.78 is 73.8. The van der Waals surface area contributed by atoms with Crippen molar-refractivity contribution in [3.8, 4) is 17.2 Å². The van der Waals surface area contributed by atoms with E-state index in [-0.39, 0.29) is 36.0 Å². The maximum Gasteiger partial charge on any atom is 0.204 e. The van der Waals surface area contributed by atoms with Crippen LogP contribution in [0.15, 0.2) is 48.5 Å². The van der Waals surface area contributed by atoms with Crippen molar-refractivity contribution in [2.75, 3.05) is 13.2 Å². The van der Waals surface area contributed by atoms with Gasteiger partial charge < -0.3 is 14.2 Å². The van der Waals surface area contributed by atoms with Crippen LogP contribution >= 0.6 is 0 Å². The van der Waals surface area contributed by atoms with E-state index in [2.05, 4.69) is 19.1 Å². The van der Waals surface area contributed by atoms with Gasteiger partial charge in [-0.05, 0) is 67.5 Å². The van der Waals surface area contributed by atoms with Crippen molar-refractivity contribution in [3.05, 3.63) is 88.5 Å². The van der Waals surface area contributed by atoms with Gasteiger partial charge in [0.15, 0.2) is 23.1 Å². The van der Waals surface area contributed by atoms with E-state index in [1.54, 1.807) is 13.8 Å². The zero-order valence-corrected chi connectivity index (χ0v) is 20.9. The van der Waals surface area contributed by atoms with Crippen molar-refractivity contribution in [1.82, 2.24) is 0 Å². The van der Waals surface area contributed by atoms with Gasteiger partial charge in [0, 0.05) is 0 Å². The molecule has 0 saturated carbocycles. The van der Waals surface area contributed by atoms with Crippen molar-refractivity contribution in [2.24, 2.45) is 0 Å². The summed E-state index contributed by atoms with van der Waals surface area (Å²) in [6, 6.07) is 13.6. The SMILES string of the molecule is CCCc1ccc(CCc2ccc(OCC(CC)Oc3ccc(OCC)c(F)c3F)c(F)c2F)cc1. The Kier molecular flexibility index (Phi) is 10.0. The van der Waals surface area contributed by atoms with Gasteiger partial charge in [-0.15, -0.1) is 0 Å². The van der Waals surface area contributed by atoms with Crippen LogP contribution in [0.2, 0.25) is 0 Å². The maximum absolute atomic E-state index is 14.7. The molecule has 3 aromatic carbocycles. The molecule has 0 radical (unpaired) electrons. The van der Waals surface area contributed by atoms with Crippen LogP contribution in [0.3, 0.4) is 0 Å². The van der Waals surface area contributed by atoms with Crippen LogP contribution in [0.4, 0.5) is 17.6 Å². The fraction of sp³-hybridized carbons (Fsp3) is 0.379. The van der Waals surface area contributed by atoms with E-state index in [1.807, 2.05) is 12.1 Å². The largest absolute Gasteiger partial charge is 0.491 e. The molecule has 3 rings (SSSR count). The molecule has 3 nitrogen and oxygen atoms in total. The second-order valence-electron chi connectivity index (χ2n) is 8.50. The molecule has 0 aliphatic rings. The van der Waals surface area contributed by atoms with Gasteiger partial charge in [0.05, 0.1) is 6.61 Å². The van der Waals surface area contributed by atoms with Crippen LogP contribution in [-0.2, 0) is 19.3 Å². The molecular weight excluding hydrogens is 472 g/mol. The van der Waals surface area contributed by atoms with Gasteiger partial charge in [-0.3, -0.25) is 0 Å². The summed E-state index contributed by atoms with van der Waals surface area (Å²) in [6.45, 7) is 5.55. The monoisotopic (exact) mass is 504 g/mol. The first-order chi connectivity index (χ1) is 17.4. The first-order valence-corrected chi connectivity index (χ1v) is 12.3. The van der Waals surface area contributed by atoms with Crippen LogP contribution in [0, 0.1) is 23.3 Å². The highest BCUT2D eigenvalue weighted by Crippen LogP contribution is 2.29. The van der Waals surface area contributed by atoms with Gasteiger partial charge in [0.2, 0.25) is 17.5 Å². The fourth-order valence-electron chi connectivity index (χ4n) is 3.79. The number of hydrogen-bond donors (Lipinski definition) is 0. The zero-order chi connectivity index (χ0) is 26.1. The van der Waals surface area contributed by atoms with Gasteiger partial charge in [-0.25, -0.2) is 4.39 Å². The third-order valence-corrected chi connectivity index (χ3v) is 5.86. The fourth-order valence-corrected chi connectivity index (χ4v) is 3.79. The quantitative estimate of drug-likeness (QED) is 0.224. The molecule has 0 aliphatic carbocycles. The normalized spacial score (nSPS) is 11.9. The summed E-state index contributed by atoms with van der Waals surface area (Å²) in [5.74, 6) is -5.15. The molecule has 0 amide bonds. The van der Waals surface area contributed by atoms with E-state index in [9.17, 15) is 17.6 Å². The summed E-state index contributed by atoms with van der Waals surface area (Å²) in [5, 5.41) is 0. The first kappa shape index (κ1) is 27.4. The molecule has 7 heteroatoms. The van der Waals surface area contributed by atoms with Crippen molar-refractivity contribution >= 4 is 0 Å². The molecule has 1 atom stereocenters. The Bertz CT molecular complexity index is 1130. The molecule has 0 N–H and O–H groups in total. The third kappa shape index (κ3) is 6.93. The van der Waals surface area contributed by atoms with E-state index in [0.717, 1.165) is 18.4 Å². The van der Waals surface area contributed by atoms with Crippen molar-refractivity contribution < 1.29 is 31.8 Å². The highest BCUT2D eigenvalue weighted by molar-refractivity contribution is 5.35. The lowest BCUT2D eigenvalue weighted by molar-refractivity contribution is 0.116. The van der Waals surface area contributed by atoms with Crippen molar-refractivity contribution in [3.63, 3.8) is 0 Å². The van der Waals surface area contributed by atoms with Crippen LogP contribution in [-0.4, -0.2) is 19.3 Å². The topological polar surface area (TPSA) is 27.7 Å². The van der Waals surface area contributed by atoms with Crippen LogP contribution < -0.4 is 14.2 Å². The number of ether oxygens (including phenoxy) is 3. The minimum atomic E-state index is -1.18. The molecule has 0 saturated heterocycles. The smallest absolute Gasteiger partial charge is 0.204 e. The predicted molar refractivity (Wildman–Crippen MR) is 132 cm³/mol. The van der Waals surface area contributed by atoms with Gasteiger partial charge in [-0.1, -0.05) is 50.6 Å². The van der Waals surface area contributed by atoms with Crippen LogP contribution in [0.5, 0.6) is 17.2 Å². The van der Waals surface area contributed by atoms with E-state index in [1.165, 1.54) is 29.8 Å². The lowest BCUT2D eigenvalue weighted by Crippen LogP contribution is -2.25. The Morgan fingerprint density at radius 2 is 1.17 bits per heavy atom. The highest BCUT2D eigenvalue weighted by atomic mass is 19.2. The van der Waals surface area contributed by atoms with E-state index >= 15 is 0 Å². The minimum absolute atomic E-state index is 0.176. The molecule has 0 heterocycles. The molecule has 0 aliphatic heterocycles. The molecule has 0 bridgehead atoms. The van der Waals surface area contributed by atoms with Crippen LogP contribution in [0.1, 0.15) is 50.3 Å². The average Bonchev–Trinajstić information content (AvgIpc) is 2.88. The zero-order valence-electron chi connectivity index (χ0n) is 20.9. The molecule has 194 valence electrons. The van der Waals surface area contributed by atoms with E-state index in [4.69, 9.17) is 14.2 Å². The molecule has 36 heavy (non-hydrogen) atoms. The van der Waals surface area contributed by atoms with Gasteiger partial charge >= 0.3 is 0 Å². The highest BCUT2D eigenvalue weighted by Gasteiger charge is 2.20. The Morgan fingerprint density at radius 3 is 1.81 bits per heavy atom. The summed E-state index contributed by atoms with van der Waals surface area (Å²) in [6.07, 6.45) is 2.67. The molecule has 0 fully saturated rings. The lowest BCUT2D eigenvalue weighted by atomic mass is 10.0. The summed E-state index contributed by atoms with van der Waals surface area (Å²) in [7, 11) is 0. The Balaban J connectivity index is 1.60. The van der Waals surface area contributed by atoms with Gasteiger partial charge in [0.1, 0.15) is 12.7 Å².